The number of ether oxygens (including phenoxy) is 1. The van der Waals surface area contributed by atoms with E-state index in [-0.39, 0.29) is 22.8 Å². The first-order valence-electron chi connectivity index (χ1n) is 8.47. The van der Waals surface area contributed by atoms with Gasteiger partial charge in [-0.05, 0) is 57.2 Å². The molecule has 0 spiro atoms. The fourth-order valence-corrected chi connectivity index (χ4v) is 4.05. The highest BCUT2D eigenvalue weighted by molar-refractivity contribution is 9.10. The lowest BCUT2D eigenvalue weighted by Gasteiger charge is -2.20. The number of carbonyl (C=O) groups is 1. The third-order valence-electron chi connectivity index (χ3n) is 4.23. The summed E-state index contributed by atoms with van der Waals surface area (Å²) in [5.41, 5.74) is 2.71. The molecule has 1 amide bonds. The summed E-state index contributed by atoms with van der Waals surface area (Å²) in [7, 11) is 1.73. The van der Waals surface area contributed by atoms with Gasteiger partial charge in [0.1, 0.15) is 5.75 Å². The van der Waals surface area contributed by atoms with E-state index in [4.69, 9.17) is 4.74 Å². The third kappa shape index (κ3) is 4.42. The van der Waals surface area contributed by atoms with Crippen LogP contribution in [0.3, 0.4) is 0 Å². The molecule has 0 unspecified atom stereocenters. The summed E-state index contributed by atoms with van der Waals surface area (Å²) in [5.74, 6) is 0.360. The van der Waals surface area contributed by atoms with E-state index in [9.17, 15) is 9.59 Å². The topological polar surface area (TPSA) is 60.3 Å². The van der Waals surface area contributed by atoms with Gasteiger partial charge in [0.2, 0.25) is 0 Å². The first-order valence-corrected chi connectivity index (χ1v) is 10.1. The maximum atomic E-state index is 12.2. The van der Waals surface area contributed by atoms with Crippen molar-refractivity contribution >= 4 is 49.1 Å². The van der Waals surface area contributed by atoms with Crippen LogP contribution in [0.4, 0.5) is 5.69 Å². The number of thiazole rings is 1. The number of benzene rings is 2. The first kappa shape index (κ1) is 19.6. The van der Waals surface area contributed by atoms with Crippen molar-refractivity contribution < 1.29 is 9.53 Å². The van der Waals surface area contributed by atoms with E-state index in [0.29, 0.717) is 11.4 Å². The Morgan fingerprint density at radius 3 is 2.63 bits per heavy atom. The summed E-state index contributed by atoms with van der Waals surface area (Å²) in [6.45, 7) is 6.32. The molecule has 0 fully saturated rings. The molecule has 0 aliphatic rings. The zero-order chi connectivity index (χ0) is 19.8. The number of aromatic nitrogens is 1. The largest absolute Gasteiger partial charge is 0.483 e. The lowest BCUT2D eigenvalue weighted by Crippen LogP contribution is -2.20. The Morgan fingerprint density at radius 2 is 1.96 bits per heavy atom. The van der Waals surface area contributed by atoms with Gasteiger partial charge in [-0.3, -0.25) is 9.59 Å². The smallest absolute Gasteiger partial charge is 0.307 e. The van der Waals surface area contributed by atoms with E-state index >= 15 is 0 Å². The summed E-state index contributed by atoms with van der Waals surface area (Å²) < 4.78 is 8.88. The fraction of sp³-hybridized carbons (Fsp3) is 0.300. The number of fused-ring (bicyclic) bond motifs is 1. The van der Waals surface area contributed by atoms with E-state index in [1.165, 1.54) is 5.56 Å². The first-order chi connectivity index (χ1) is 12.6. The van der Waals surface area contributed by atoms with Crippen LogP contribution < -0.4 is 14.9 Å². The van der Waals surface area contributed by atoms with Crippen LogP contribution in [0.2, 0.25) is 0 Å². The van der Waals surface area contributed by atoms with Crippen LogP contribution in [0.25, 0.3) is 10.2 Å². The molecule has 0 saturated carbocycles. The second-order valence-electron chi connectivity index (χ2n) is 7.34. The van der Waals surface area contributed by atoms with Gasteiger partial charge in [0.05, 0.1) is 14.7 Å². The maximum absolute atomic E-state index is 12.2. The molecule has 0 bridgehead atoms. The molecule has 0 aliphatic carbocycles. The van der Waals surface area contributed by atoms with Crippen molar-refractivity contribution in [2.24, 2.45) is 7.05 Å². The van der Waals surface area contributed by atoms with E-state index in [0.717, 1.165) is 26.0 Å². The number of hydrogen-bond donors (Lipinski definition) is 1. The minimum atomic E-state index is -0.260. The number of rotatable bonds is 4. The Bertz CT molecular complexity index is 1060. The van der Waals surface area contributed by atoms with E-state index in [1.54, 1.807) is 23.7 Å². The Hall–Kier alpha value is -2.12. The highest BCUT2D eigenvalue weighted by Crippen LogP contribution is 2.31. The van der Waals surface area contributed by atoms with Gasteiger partial charge in [0.25, 0.3) is 5.91 Å². The molecule has 7 heteroatoms. The predicted molar refractivity (Wildman–Crippen MR) is 114 cm³/mol. The van der Waals surface area contributed by atoms with Crippen LogP contribution in [-0.2, 0) is 17.3 Å². The van der Waals surface area contributed by atoms with Crippen molar-refractivity contribution in [3.05, 3.63) is 56.1 Å². The summed E-state index contributed by atoms with van der Waals surface area (Å²) >= 11 is 4.66. The molecular formula is C20H21BrN2O3S. The number of amides is 1. The molecule has 1 heterocycles. The van der Waals surface area contributed by atoms with Gasteiger partial charge in [-0.1, -0.05) is 38.2 Å². The Labute approximate surface area is 170 Å². The number of anilines is 1. The summed E-state index contributed by atoms with van der Waals surface area (Å²) in [4.78, 5) is 23.9. The summed E-state index contributed by atoms with van der Waals surface area (Å²) in [5, 5.41) is 2.80. The minimum absolute atomic E-state index is 0.0274. The third-order valence-corrected chi connectivity index (χ3v) is 5.85. The summed E-state index contributed by atoms with van der Waals surface area (Å²) in [6.07, 6.45) is 0. The number of aryl methyl sites for hydroxylation is 1. The van der Waals surface area contributed by atoms with Crippen LogP contribution in [-0.4, -0.2) is 17.1 Å². The number of hydrogen-bond acceptors (Lipinski definition) is 4. The van der Waals surface area contributed by atoms with Crippen LogP contribution >= 0.6 is 27.3 Å². The van der Waals surface area contributed by atoms with Crippen molar-refractivity contribution in [2.45, 2.75) is 26.2 Å². The number of halogens is 1. The second-order valence-corrected chi connectivity index (χ2v) is 9.19. The molecule has 27 heavy (non-hydrogen) atoms. The van der Waals surface area contributed by atoms with Gasteiger partial charge in [0.15, 0.2) is 6.61 Å². The minimum Gasteiger partial charge on any atom is -0.483 e. The van der Waals surface area contributed by atoms with Gasteiger partial charge in [-0.25, -0.2) is 0 Å². The number of nitrogens with one attached hydrogen (secondary N) is 1. The molecule has 1 N–H and O–H groups in total. The van der Waals surface area contributed by atoms with Crippen molar-refractivity contribution in [3.63, 3.8) is 0 Å². The maximum Gasteiger partial charge on any atom is 0.307 e. The lowest BCUT2D eigenvalue weighted by molar-refractivity contribution is -0.118. The normalized spacial score (nSPS) is 11.6. The molecule has 3 aromatic rings. The molecule has 5 nitrogen and oxygen atoms in total. The standard InChI is InChI=1S/C20H21BrN2O3S/c1-20(2,3)12-5-8-16(14(21)9-12)26-11-18(24)22-13-6-7-15-17(10-13)27-19(25)23(15)4/h5-10H,11H2,1-4H3,(H,22,24). The second kappa shape index (κ2) is 7.48. The Morgan fingerprint density at radius 1 is 1.22 bits per heavy atom. The zero-order valence-electron chi connectivity index (χ0n) is 15.6. The highest BCUT2D eigenvalue weighted by atomic mass is 79.9. The molecule has 2 aromatic carbocycles. The monoisotopic (exact) mass is 448 g/mol. The predicted octanol–water partition coefficient (Wildman–Crippen LogP) is 4.68. The zero-order valence-corrected chi connectivity index (χ0v) is 18.0. The molecule has 142 valence electrons. The van der Waals surface area contributed by atoms with Crippen molar-refractivity contribution in [1.82, 2.24) is 4.57 Å². The molecular weight excluding hydrogens is 428 g/mol. The average Bonchev–Trinajstić information content (AvgIpc) is 2.86. The van der Waals surface area contributed by atoms with E-state index in [1.807, 2.05) is 24.3 Å². The molecule has 0 atom stereocenters. The van der Waals surface area contributed by atoms with Gasteiger partial charge in [0, 0.05) is 12.7 Å². The number of nitrogens with zero attached hydrogens (tertiary/aromatic N) is 1. The van der Waals surface area contributed by atoms with Crippen LogP contribution in [0.15, 0.2) is 45.7 Å². The Kier molecular flexibility index (Phi) is 5.44. The Balaban J connectivity index is 1.65. The van der Waals surface area contributed by atoms with Crippen LogP contribution in [0, 0.1) is 0 Å². The van der Waals surface area contributed by atoms with Gasteiger partial charge < -0.3 is 14.6 Å². The highest BCUT2D eigenvalue weighted by Gasteiger charge is 2.16. The molecule has 0 aliphatic heterocycles. The van der Waals surface area contributed by atoms with Crippen molar-refractivity contribution in [2.75, 3.05) is 11.9 Å². The fourth-order valence-electron chi connectivity index (χ4n) is 2.64. The summed E-state index contributed by atoms with van der Waals surface area (Å²) in [6, 6.07) is 11.3. The molecule has 1 aromatic heterocycles. The van der Waals surface area contributed by atoms with E-state index in [2.05, 4.69) is 42.0 Å². The van der Waals surface area contributed by atoms with E-state index < -0.39 is 0 Å². The molecule has 3 rings (SSSR count). The SMILES string of the molecule is Cn1c(=O)sc2cc(NC(=O)COc3ccc(C(C)(C)C)cc3Br)ccc21. The van der Waals surface area contributed by atoms with Crippen molar-refractivity contribution in [3.8, 4) is 5.75 Å². The van der Waals surface area contributed by atoms with Crippen LogP contribution in [0.5, 0.6) is 5.75 Å². The molecule has 0 radical (unpaired) electrons. The number of carbonyl (C=O) groups excluding carboxylic acids is 1. The van der Waals surface area contributed by atoms with Crippen molar-refractivity contribution in [1.29, 1.82) is 0 Å². The van der Waals surface area contributed by atoms with Crippen LogP contribution in [0.1, 0.15) is 26.3 Å². The average molecular weight is 449 g/mol. The van der Waals surface area contributed by atoms with Gasteiger partial charge in [-0.2, -0.15) is 0 Å². The quantitative estimate of drug-likeness (QED) is 0.630. The molecule has 0 saturated heterocycles. The van der Waals surface area contributed by atoms with Gasteiger partial charge in [-0.15, -0.1) is 0 Å². The van der Waals surface area contributed by atoms with Gasteiger partial charge >= 0.3 is 4.87 Å². The lowest BCUT2D eigenvalue weighted by atomic mass is 9.87.